The number of carbonyl (C=O) groups excluding carboxylic acids is 3. The van der Waals surface area contributed by atoms with E-state index in [2.05, 4.69) is 33.6 Å². The van der Waals surface area contributed by atoms with Gasteiger partial charge in [0.15, 0.2) is 5.96 Å². The molecule has 0 radical (unpaired) electrons. The summed E-state index contributed by atoms with van der Waals surface area (Å²) in [6, 6.07) is -4.06. The van der Waals surface area contributed by atoms with E-state index >= 15 is 0 Å². The SMILES string of the molecule is CC(C)CC(NC(=O)C(CCCCN)NC(=O)C(CCCN=C(N)N)NC(=O)C(N)CS)C(=O)O. The van der Waals surface area contributed by atoms with Crippen molar-refractivity contribution in [1.82, 2.24) is 16.0 Å². The van der Waals surface area contributed by atoms with Crippen LogP contribution in [0.4, 0.5) is 0 Å². The van der Waals surface area contributed by atoms with Crippen molar-refractivity contribution in [1.29, 1.82) is 0 Å². The zero-order valence-corrected chi connectivity index (χ0v) is 21.4. The normalized spacial score (nSPS) is 14.3. The molecule has 13 nitrogen and oxygen atoms in total. The van der Waals surface area contributed by atoms with Gasteiger partial charge in [0.25, 0.3) is 0 Å². The van der Waals surface area contributed by atoms with Gasteiger partial charge in [-0.25, -0.2) is 4.79 Å². The van der Waals surface area contributed by atoms with Crippen LogP contribution < -0.4 is 38.9 Å². The summed E-state index contributed by atoms with van der Waals surface area (Å²) < 4.78 is 0. The van der Waals surface area contributed by atoms with Gasteiger partial charge in [-0.3, -0.25) is 19.4 Å². The van der Waals surface area contributed by atoms with Crippen molar-refractivity contribution >= 4 is 42.3 Å². The highest BCUT2D eigenvalue weighted by molar-refractivity contribution is 7.80. The van der Waals surface area contributed by atoms with Crippen LogP contribution >= 0.6 is 12.6 Å². The van der Waals surface area contributed by atoms with E-state index in [1.165, 1.54) is 0 Å². The minimum atomic E-state index is -1.16. The summed E-state index contributed by atoms with van der Waals surface area (Å²) in [5, 5.41) is 17.2. The third kappa shape index (κ3) is 14.4. The molecule has 12 N–H and O–H groups in total. The lowest BCUT2D eigenvalue weighted by atomic mass is 10.0. The van der Waals surface area contributed by atoms with Crippen molar-refractivity contribution in [3.05, 3.63) is 0 Å². The summed E-state index contributed by atoms with van der Waals surface area (Å²) in [6.45, 7) is 4.32. The largest absolute Gasteiger partial charge is 0.480 e. The van der Waals surface area contributed by atoms with Gasteiger partial charge in [0.1, 0.15) is 18.1 Å². The van der Waals surface area contributed by atoms with Crippen LogP contribution in [0.15, 0.2) is 4.99 Å². The molecule has 0 aliphatic carbocycles. The molecule has 0 spiro atoms. The number of hydrogen-bond acceptors (Lipinski definition) is 8. The van der Waals surface area contributed by atoms with Gasteiger partial charge in [-0.1, -0.05) is 13.8 Å². The number of nitrogens with two attached hydrogens (primary N) is 4. The molecule has 0 rings (SSSR count). The summed E-state index contributed by atoms with van der Waals surface area (Å²) in [6.07, 6.45) is 2.16. The molecule has 0 aliphatic heterocycles. The Morgan fingerprint density at radius 1 is 0.886 bits per heavy atom. The van der Waals surface area contributed by atoms with E-state index in [0.717, 1.165) is 0 Å². The lowest BCUT2D eigenvalue weighted by Crippen LogP contribution is -2.57. The van der Waals surface area contributed by atoms with E-state index in [-0.39, 0.29) is 43.4 Å². The molecular formula is C21H42N8O5S. The Kier molecular flexibility index (Phi) is 16.5. The zero-order valence-electron chi connectivity index (χ0n) is 20.5. The Hall–Kier alpha value is -2.58. The fourth-order valence-corrected chi connectivity index (χ4v) is 3.30. The summed E-state index contributed by atoms with van der Waals surface area (Å²) in [5.74, 6) is -2.97. The zero-order chi connectivity index (χ0) is 27.0. The molecule has 0 fully saturated rings. The van der Waals surface area contributed by atoms with Crippen LogP contribution in [0.25, 0.3) is 0 Å². The Balaban J connectivity index is 5.55. The standard InChI is InChI=1S/C21H42N8O5S/c1-12(2)10-16(20(33)34)29-19(32)14(6-3-4-8-22)28-18(31)15(7-5-9-26-21(24)25)27-17(30)13(23)11-35/h12-16,35H,3-11,22-23H2,1-2H3,(H,27,30)(H,28,31)(H,29,32)(H,33,34)(H4,24,25,26). The van der Waals surface area contributed by atoms with E-state index in [9.17, 15) is 24.3 Å². The summed E-state index contributed by atoms with van der Waals surface area (Å²) in [5.41, 5.74) is 21.9. The van der Waals surface area contributed by atoms with Crippen molar-refractivity contribution in [2.75, 3.05) is 18.8 Å². The fourth-order valence-electron chi connectivity index (χ4n) is 3.13. The molecule has 4 unspecified atom stereocenters. The number of aliphatic imine (C=N–C) groups is 1. The molecule has 4 atom stereocenters. The van der Waals surface area contributed by atoms with Crippen molar-refractivity contribution in [3.63, 3.8) is 0 Å². The first-order valence-corrected chi connectivity index (χ1v) is 12.3. The molecule has 0 aliphatic rings. The van der Waals surface area contributed by atoms with Crippen LogP contribution in [-0.4, -0.2) is 77.8 Å². The first-order valence-electron chi connectivity index (χ1n) is 11.7. The van der Waals surface area contributed by atoms with Crippen molar-refractivity contribution in [2.45, 2.75) is 76.5 Å². The summed E-state index contributed by atoms with van der Waals surface area (Å²) in [7, 11) is 0. The molecule has 35 heavy (non-hydrogen) atoms. The number of thiol groups is 1. The molecule has 0 bridgehead atoms. The first-order chi connectivity index (χ1) is 16.4. The van der Waals surface area contributed by atoms with E-state index in [1.807, 2.05) is 13.8 Å². The van der Waals surface area contributed by atoms with Gasteiger partial charge in [0, 0.05) is 12.3 Å². The maximum atomic E-state index is 13.1. The molecule has 3 amide bonds. The highest BCUT2D eigenvalue weighted by Crippen LogP contribution is 2.08. The van der Waals surface area contributed by atoms with Crippen LogP contribution in [0.2, 0.25) is 0 Å². The Bertz CT molecular complexity index is 718. The average Bonchev–Trinajstić information content (AvgIpc) is 2.78. The number of unbranched alkanes of at least 4 members (excludes halogenated alkanes) is 1. The second kappa shape index (κ2) is 17.8. The quantitative estimate of drug-likeness (QED) is 0.0421. The predicted octanol–water partition coefficient (Wildman–Crippen LogP) is -1.99. The number of aliphatic carboxylic acids is 1. The number of guanidine groups is 1. The molecule has 0 aromatic heterocycles. The average molecular weight is 519 g/mol. The number of nitrogens with zero attached hydrogens (tertiary/aromatic N) is 1. The molecule has 0 saturated heterocycles. The van der Waals surface area contributed by atoms with Crippen molar-refractivity contribution in [3.8, 4) is 0 Å². The lowest BCUT2D eigenvalue weighted by Gasteiger charge is -2.25. The Morgan fingerprint density at radius 3 is 1.86 bits per heavy atom. The topological polar surface area (TPSA) is 241 Å². The van der Waals surface area contributed by atoms with Crippen LogP contribution in [-0.2, 0) is 19.2 Å². The highest BCUT2D eigenvalue weighted by Gasteiger charge is 2.30. The van der Waals surface area contributed by atoms with Gasteiger partial charge in [-0.2, -0.15) is 12.6 Å². The molecule has 0 aromatic rings. The number of hydrogen-bond donors (Lipinski definition) is 9. The van der Waals surface area contributed by atoms with Gasteiger partial charge >= 0.3 is 5.97 Å². The van der Waals surface area contributed by atoms with Crippen molar-refractivity contribution in [2.24, 2.45) is 33.8 Å². The number of carboxylic acid groups (broad SMARTS) is 1. The number of amides is 3. The third-order valence-corrected chi connectivity index (χ3v) is 5.41. The molecule has 202 valence electrons. The minimum Gasteiger partial charge on any atom is -0.480 e. The maximum Gasteiger partial charge on any atom is 0.326 e. The van der Waals surface area contributed by atoms with Gasteiger partial charge in [0.05, 0.1) is 6.04 Å². The Labute approximate surface area is 212 Å². The highest BCUT2D eigenvalue weighted by atomic mass is 32.1. The third-order valence-electron chi connectivity index (χ3n) is 5.01. The predicted molar refractivity (Wildman–Crippen MR) is 138 cm³/mol. The molecule has 0 heterocycles. The maximum absolute atomic E-state index is 13.1. The first kappa shape index (κ1) is 32.4. The minimum absolute atomic E-state index is 0.0301. The van der Waals surface area contributed by atoms with Crippen molar-refractivity contribution < 1.29 is 24.3 Å². The van der Waals surface area contributed by atoms with E-state index < -0.39 is 47.9 Å². The van der Waals surface area contributed by atoms with Crippen LogP contribution in [0.1, 0.15) is 52.4 Å². The second-order valence-electron chi connectivity index (χ2n) is 8.67. The van der Waals surface area contributed by atoms with E-state index in [1.54, 1.807) is 0 Å². The van der Waals surface area contributed by atoms with E-state index in [4.69, 9.17) is 22.9 Å². The molecule has 0 saturated carbocycles. The second-order valence-corrected chi connectivity index (χ2v) is 9.04. The number of carboxylic acids is 1. The lowest BCUT2D eigenvalue weighted by molar-refractivity contribution is -0.142. The number of carbonyl (C=O) groups is 4. The fraction of sp³-hybridized carbons (Fsp3) is 0.762. The number of rotatable bonds is 18. The van der Waals surface area contributed by atoms with Gasteiger partial charge < -0.3 is 44.0 Å². The van der Waals surface area contributed by atoms with Crippen LogP contribution in [0.3, 0.4) is 0 Å². The molecular weight excluding hydrogens is 476 g/mol. The van der Waals surface area contributed by atoms with Gasteiger partial charge in [-0.05, 0) is 51.0 Å². The summed E-state index contributed by atoms with van der Waals surface area (Å²) in [4.78, 5) is 53.7. The van der Waals surface area contributed by atoms with Gasteiger partial charge in [-0.15, -0.1) is 0 Å². The summed E-state index contributed by atoms with van der Waals surface area (Å²) >= 11 is 4.00. The molecule has 14 heteroatoms. The molecule has 0 aromatic carbocycles. The smallest absolute Gasteiger partial charge is 0.326 e. The number of nitrogens with one attached hydrogen (secondary N) is 3. The van der Waals surface area contributed by atoms with Crippen LogP contribution in [0.5, 0.6) is 0 Å². The van der Waals surface area contributed by atoms with Crippen LogP contribution in [0, 0.1) is 5.92 Å². The van der Waals surface area contributed by atoms with Gasteiger partial charge in [0.2, 0.25) is 17.7 Å². The Morgan fingerprint density at radius 2 is 1.40 bits per heavy atom. The van der Waals surface area contributed by atoms with E-state index in [0.29, 0.717) is 25.8 Å². The monoisotopic (exact) mass is 518 g/mol.